The van der Waals surface area contributed by atoms with Crippen LogP contribution in [0.15, 0.2) is 28.8 Å². The molecule has 1 aromatic carbocycles. The molecule has 4 heterocycles. The first kappa shape index (κ1) is 20.7. The van der Waals surface area contributed by atoms with Crippen LogP contribution in [0.5, 0.6) is 5.75 Å². The molecule has 0 spiro atoms. The van der Waals surface area contributed by atoms with E-state index in [0.29, 0.717) is 41.6 Å². The van der Waals surface area contributed by atoms with Crippen molar-refractivity contribution in [2.75, 3.05) is 13.2 Å². The van der Waals surface area contributed by atoms with Crippen molar-refractivity contribution in [1.29, 1.82) is 0 Å². The molecule has 1 aliphatic rings. The number of aromatic nitrogens is 4. The monoisotopic (exact) mass is 455 g/mol. The Bertz CT molecular complexity index is 1250. The number of carbonyl (C=O) groups excluding carboxylic acids is 1. The lowest BCUT2D eigenvalue weighted by Crippen LogP contribution is -2.42. The zero-order valence-electron chi connectivity index (χ0n) is 18.5. The number of oxazole rings is 1. The van der Waals surface area contributed by atoms with E-state index in [0.717, 1.165) is 22.8 Å². The lowest BCUT2D eigenvalue weighted by Gasteiger charge is -2.28. The van der Waals surface area contributed by atoms with Crippen LogP contribution in [-0.2, 0) is 4.74 Å². The summed E-state index contributed by atoms with van der Waals surface area (Å²) in [6.45, 7) is 8.59. The minimum Gasteiger partial charge on any atom is -0.489 e. The Morgan fingerprint density at radius 1 is 1.31 bits per heavy atom. The number of benzene rings is 1. The second-order valence-electron chi connectivity index (χ2n) is 8.88. The van der Waals surface area contributed by atoms with E-state index in [4.69, 9.17) is 13.9 Å². The average Bonchev–Trinajstić information content (AvgIpc) is 3.46. The molecule has 0 saturated carbocycles. The molecule has 1 aliphatic heterocycles. The number of aryl methyl sites for hydroxylation is 1. The van der Waals surface area contributed by atoms with Crippen LogP contribution in [0, 0.1) is 6.92 Å². The second-order valence-corrected chi connectivity index (χ2v) is 10.0. The minimum atomic E-state index is -0.524. The molecule has 0 N–H and O–H groups in total. The summed E-state index contributed by atoms with van der Waals surface area (Å²) in [6.07, 6.45) is 3.31. The van der Waals surface area contributed by atoms with E-state index in [1.807, 2.05) is 45.9 Å². The quantitative estimate of drug-likeness (QED) is 0.441. The van der Waals surface area contributed by atoms with Crippen molar-refractivity contribution >= 4 is 33.5 Å². The van der Waals surface area contributed by atoms with Crippen LogP contribution in [0.2, 0.25) is 0 Å². The van der Waals surface area contributed by atoms with Gasteiger partial charge in [-0.1, -0.05) is 17.4 Å². The topological polar surface area (TPSA) is 95.0 Å². The number of imidazole rings is 1. The highest BCUT2D eigenvalue weighted by Gasteiger charge is 2.32. The Hall–Kier alpha value is -3.14. The van der Waals surface area contributed by atoms with Gasteiger partial charge in [0.1, 0.15) is 28.7 Å². The Morgan fingerprint density at radius 2 is 2.16 bits per heavy atom. The molecule has 1 atom stereocenters. The summed E-state index contributed by atoms with van der Waals surface area (Å²) in [6, 6.07) is 5.53. The first-order valence-corrected chi connectivity index (χ1v) is 11.4. The van der Waals surface area contributed by atoms with Crippen LogP contribution in [0.25, 0.3) is 27.6 Å². The van der Waals surface area contributed by atoms with E-state index < -0.39 is 5.60 Å². The van der Waals surface area contributed by atoms with Crippen molar-refractivity contribution < 1.29 is 18.7 Å². The molecule has 1 saturated heterocycles. The van der Waals surface area contributed by atoms with Gasteiger partial charge in [0.05, 0.1) is 12.2 Å². The molecule has 168 valence electrons. The molecule has 1 amide bonds. The van der Waals surface area contributed by atoms with Crippen LogP contribution >= 0.6 is 11.3 Å². The number of carbonyl (C=O) groups is 1. The molecule has 32 heavy (non-hydrogen) atoms. The fraction of sp³-hybridized carbons (Fsp3) is 0.455. The van der Waals surface area contributed by atoms with Gasteiger partial charge in [-0.2, -0.15) is 5.10 Å². The molecule has 0 radical (unpaired) electrons. The Labute approximate surface area is 189 Å². The maximum Gasteiger partial charge on any atom is 0.410 e. The first-order chi connectivity index (χ1) is 15.3. The second kappa shape index (κ2) is 7.77. The smallest absolute Gasteiger partial charge is 0.410 e. The number of rotatable bonds is 4. The number of likely N-dealkylation sites (tertiary alicyclic amines) is 1. The highest BCUT2D eigenvalue weighted by atomic mass is 32.1. The molecular weight excluding hydrogens is 430 g/mol. The molecule has 0 unspecified atom stereocenters. The summed E-state index contributed by atoms with van der Waals surface area (Å²) in [4.78, 5) is 24.3. The Morgan fingerprint density at radius 3 is 2.94 bits per heavy atom. The minimum absolute atomic E-state index is 0.0410. The number of ether oxygens (including phenoxy) is 2. The molecule has 3 aromatic heterocycles. The largest absolute Gasteiger partial charge is 0.489 e. The number of amides is 1. The third-order valence-corrected chi connectivity index (χ3v) is 6.02. The molecule has 4 aromatic rings. The summed E-state index contributed by atoms with van der Waals surface area (Å²) in [7, 11) is 0. The SMILES string of the molecule is Cc1nn2cc(-c3nc4c(OC[C@@H]5CCCN5C(=O)OC(C)(C)C)cccc4o3)nc2s1. The number of hydrogen-bond acceptors (Lipinski definition) is 8. The zero-order chi connectivity index (χ0) is 22.5. The van der Waals surface area contributed by atoms with Gasteiger partial charge in [0.15, 0.2) is 11.1 Å². The molecular formula is C22H25N5O4S. The predicted molar refractivity (Wildman–Crippen MR) is 120 cm³/mol. The third-order valence-electron chi connectivity index (χ3n) is 5.18. The van der Waals surface area contributed by atoms with Gasteiger partial charge >= 0.3 is 6.09 Å². The van der Waals surface area contributed by atoms with E-state index in [1.54, 1.807) is 15.6 Å². The van der Waals surface area contributed by atoms with E-state index in [9.17, 15) is 4.79 Å². The number of nitrogens with zero attached hydrogens (tertiary/aromatic N) is 5. The van der Waals surface area contributed by atoms with Crippen molar-refractivity contribution in [3.63, 3.8) is 0 Å². The summed E-state index contributed by atoms with van der Waals surface area (Å²) in [5.41, 5.74) is 1.35. The summed E-state index contributed by atoms with van der Waals surface area (Å²) in [5.74, 6) is 1.03. The van der Waals surface area contributed by atoms with E-state index in [2.05, 4.69) is 15.1 Å². The van der Waals surface area contributed by atoms with Gasteiger partial charge in [-0.3, -0.25) is 0 Å². The third kappa shape index (κ3) is 4.02. The molecule has 0 bridgehead atoms. The summed E-state index contributed by atoms with van der Waals surface area (Å²) < 4.78 is 19.3. The molecule has 5 rings (SSSR count). The van der Waals surface area contributed by atoms with Gasteiger partial charge in [-0.15, -0.1) is 0 Å². The average molecular weight is 456 g/mol. The van der Waals surface area contributed by atoms with Gasteiger partial charge < -0.3 is 18.8 Å². The first-order valence-electron chi connectivity index (χ1n) is 10.6. The lowest BCUT2D eigenvalue weighted by atomic mass is 10.2. The zero-order valence-corrected chi connectivity index (χ0v) is 19.3. The van der Waals surface area contributed by atoms with Crippen LogP contribution in [-0.4, -0.2) is 55.4 Å². The predicted octanol–water partition coefficient (Wildman–Crippen LogP) is 4.69. The molecule has 9 nitrogen and oxygen atoms in total. The van der Waals surface area contributed by atoms with E-state index in [-0.39, 0.29) is 12.1 Å². The van der Waals surface area contributed by atoms with E-state index >= 15 is 0 Å². The maximum absolute atomic E-state index is 12.5. The van der Waals surface area contributed by atoms with E-state index in [1.165, 1.54) is 11.3 Å². The van der Waals surface area contributed by atoms with Crippen LogP contribution in [0.3, 0.4) is 0 Å². The molecule has 10 heteroatoms. The maximum atomic E-state index is 12.5. The molecule has 1 fully saturated rings. The fourth-order valence-corrected chi connectivity index (χ4v) is 4.53. The van der Waals surface area contributed by atoms with Crippen molar-refractivity contribution in [3.05, 3.63) is 29.4 Å². The highest BCUT2D eigenvalue weighted by molar-refractivity contribution is 7.16. The van der Waals surface area contributed by atoms with Crippen molar-refractivity contribution in [3.8, 4) is 17.3 Å². The van der Waals surface area contributed by atoms with Gasteiger partial charge in [-0.25, -0.2) is 19.3 Å². The number of hydrogen-bond donors (Lipinski definition) is 0. The normalized spacial score (nSPS) is 16.9. The standard InChI is InChI=1S/C22H25N5O4S/c1-13-25-27-11-15(23-20(27)32-13)19-24-18-16(8-5-9-17(18)30-19)29-12-14-7-6-10-26(14)21(28)31-22(2,3)4/h5,8-9,11,14H,6-7,10,12H2,1-4H3/t14-/m0/s1. The Balaban J connectivity index is 1.34. The van der Waals surface area contributed by atoms with Crippen LogP contribution in [0.1, 0.15) is 38.6 Å². The summed E-state index contributed by atoms with van der Waals surface area (Å²) >= 11 is 1.51. The van der Waals surface area contributed by atoms with Crippen molar-refractivity contribution in [2.24, 2.45) is 0 Å². The van der Waals surface area contributed by atoms with Gasteiger partial charge in [0.2, 0.25) is 10.9 Å². The number of fused-ring (bicyclic) bond motifs is 2. The summed E-state index contributed by atoms with van der Waals surface area (Å²) in [5, 5.41) is 5.33. The highest BCUT2D eigenvalue weighted by Crippen LogP contribution is 2.31. The van der Waals surface area contributed by atoms with Gasteiger partial charge in [-0.05, 0) is 52.7 Å². The number of para-hydroxylation sites is 1. The van der Waals surface area contributed by atoms with Crippen molar-refractivity contribution in [2.45, 2.75) is 52.2 Å². The van der Waals surface area contributed by atoms with Crippen molar-refractivity contribution in [1.82, 2.24) is 24.5 Å². The fourth-order valence-electron chi connectivity index (χ4n) is 3.81. The molecule has 0 aliphatic carbocycles. The van der Waals surface area contributed by atoms with Gasteiger partial charge in [0, 0.05) is 6.54 Å². The van der Waals surface area contributed by atoms with Gasteiger partial charge in [0.25, 0.3) is 0 Å². The Kier molecular flexibility index (Phi) is 5.04. The van der Waals surface area contributed by atoms with Crippen LogP contribution < -0.4 is 4.74 Å². The lowest BCUT2D eigenvalue weighted by molar-refractivity contribution is 0.0188. The van der Waals surface area contributed by atoms with Crippen LogP contribution in [0.4, 0.5) is 4.79 Å².